The van der Waals surface area contributed by atoms with Gasteiger partial charge < -0.3 is 4.74 Å². The molecule has 1 aliphatic heterocycles. The number of fused-ring (bicyclic) bond motifs is 1. The molecule has 0 N–H and O–H groups in total. The van der Waals surface area contributed by atoms with Gasteiger partial charge in [-0.3, -0.25) is 4.31 Å². The lowest BCUT2D eigenvalue weighted by atomic mass is 10.2. The Hall–Kier alpha value is -2.01. The summed E-state index contributed by atoms with van der Waals surface area (Å²) < 4.78 is 32.7. The molecule has 0 aliphatic carbocycles. The Morgan fingerprint density at radius 2 is 1.70 bits per heavy atom. The number of ether oxygens (including phenoxy) is 1. The second-order valence-electron chi connectivity index (χ2n) is 4.74. The van der Waals surface area contributed by atoms with Gasteiger partial charge in [0.2, 0.25) is 0 Å². The molecule has 3 rings (SSSR count). The smallest absolute Gasteiger partial charge is 0.264 e. The Bertz CT molecular complexity index is 713. The van der Waals surface area contributed by atoms with Crippen LogP contribution in [-0.4, -0.2) is 21.1 Å². The fourth-order valence-corrected chi connectivity index (χ4v) is 4.02. The molecule has 0 fully saturated rings. The van der Waals surface area contributed by atoms with Crippen LogP contribution in [-0.2, 0) is 10.0 Å². The summed E-state index contributed by atoms with van der Waals surface area (Å²) in [5.74, 6) is 0.602. The number of hydrogen-bond acceptors (Lipinski definition) is 3. The zero-order chi connectivity index (χ0) is 14.2. The largest absolute Gasteiger partial charge is 0.489 e. The van der Waals surface area contributed by atoms with Crippen LogP contribution < -0.4 is 9.04 Å². The van der Waals surface area contributed by atoms with Crippen molar-refractivity contribution in [2.45, 2.75) is 17.9 Å². The number of hydrogen-bond donors (Lipinski definition) is 0. The lowest BCUT2D eigenvalue weighted by Gasteiger charge is -2.35. The van der Waals surface area contributed by atoms with Crippen molar-refractivity contribution in [2.75, 3.05) is 10.9 Å². The van der Waals surface area contributed by atoms with Crippen molar-refractivity contribution in [3.63, 3.8) is 0 Å². The van der Waals surface area contributed by atoms with Gasteiger partial charge >= 0.3 is 0 Å². The Kier molecular flexibility index (Phi) is 3.14. The highest BCUT2D eigenvalue weighted by Crippen LogP contribution is 2.37. The molecule has 0 radical (unpaired) electrons. The third kappa shape index (κ3) is 2.04. The lowest BCUT2D eigenvalue weighted by molar-refractivity contribution is 0.281. The average molecular weight is 289 g/mol. The molecule has 1 heterocycles. The maximum absolute atomic E-state index is 12.8. The first-order valence-corrected chi connectivity index (χ1v) is 7.86. The van der Waals surface area contributed by atoms with Gasteiger partial charge in [-0.15, -0.1) is 0 Å². The number of benzene rings is 2. The van der Waals surface area contributed by atoms with E-state index >= 15 is 0 Å². The van der Waals surface area contributed by atoms with Crippen LogP contribution in [0.3, 0.4) is 0 Å². The maximum atomic E-state index is 12.8. The summed E-state index contributed by atoms with van der Waals surface area (Å²) >= 11 is 0. The van der Waals surface area contributed by atoms with Crippen LogP contribution >= 0.6 is 0 Å². The van der Waals surface area contributed by atoms with Crippen LogP contribution in [0, 0.1) is 0 Å². The molecule has 1 atom stereocenters. The van der Waals surface area contributed by atoms with E-state index in [-0.39, 0.29) is 6.04 Å². The Balaban J connectivity index is 2.14. The summed E-state index contributed by atoms with van der Waals surface area (Å²) in [7, 11) is -3.57. The predicted molar refractivity (Wildman–Crippen MR) is 77.5 cm³/mol. The molecule has 0 unspecified atom stereocenters. The Labute approximate surface area is 118 Å². The molecule has 1 aliphatic rings. The summed E-state index contributed by atoms with van der Waals surface area (Å²) in [4.78, 5) is 0.295. The molecule has 0 saturated heterocycles. The maximum Gasteiger partial charge on any atom is 0.264 e. The van der Waals surface area contributed by atoms with Crippen LogP contribution in [0.25, 0.3) is 0 Å². The first-order chi connectivity index (χ1) is 9.60. The van der Waals surface area contributed by atoms with Crippen molar-refractivity contribution < 1.29 is 13.2 Å². The molecule has 0 amide bonds. The predicted octanol–water partition coefficient (Wildman–Crippen LogP) is 2.66. The number of rotatable bonds is 2. The summed E-state index contributed by atoms with van der Waals surface area (Å²) in [6.07, 6.45) is 0. The molecule has 4 nitrogen and oxygen atoms in total. The zero-order valence-corrected chi connectivity index (χ0v) is 11.9. The molecule has 2 aromatic rings. The molecule has 2 aromatic carbocycles. The molecule has 0 bridgehead atoms. The second kappa shape index (κ2) is 4.83. The molecule has 104 valence electrons. The lowest BCUT2D eigenvalue weighted by Crippen LogP contribution is -2.44. The molecule has 0 aromatic heterocycles. The van der Waals surface area contributed by atoms with Gasteiger partial charge in [0.1, 0.15) is 12.4 Å². The first-order valence-electron chi connectivity index (χ1n) is 6.42. The van der Waals surface area contributed by atoms with Gasteiger partial charge in [0.05, 0.1) is 16.6 Å². The van der Waals surface area contributed by atoms with Gasteiger partial charge in [-0.1, -0.05) is 30.3 Å². The van der Waals surface area contributed by atoms with Crippen LogP contribution in [0.1, 0.15) is 6.92 Å². The Morgan fingerprint density at radius 1 is 1.05 bits per heavy atom. The first kappa shape index (κ1) is 13.0. The molecule has 5 heteroatoms. The standard InChI is InChI=1S/C15H15NO3S/c1-12-11-19-15-10-6-5-9-14(15)16(12)20(17,18)13-7-3-2-4-8-13/h2-10,12H,11H2,1H3/t12-/m1/s1. The quantitative estimate of drug-likeness (QED) is 0.854. The third-order valence-corrected chi connectivity index (χ3v) is 5.23. The van der Waals surface area contributed by atoms with Gasteiger partial charge in [0, 0.05) is 0 Å². The number of sulfonamides is 1. The third-order valence-electron chi connectivity index (χ3n) is 3.28. The van der Waals surface area contributed by atoms with Gasteiger partial charge in [-0.05, 0) is 31.2 Å². The van der Waals surface area contributed by atoms with Gasteiger partial charge in [-0.2, -0.15) is 0 Å². The van der Waals surface area contributed by atoms with Gasteiger partial charge in [-0.25, -0.2) is 8.42 Å². The van der Waals surface area contributed by atoms with E-state index in [1.807, 2.05) is 19.1 Å². The highest BCUT2D eigenvalue weighted by Gasteiger charge is 2.34. The van der Waals surface area contributed by atoms with Crippen molar-refractivity contribution in [3.8, 4) is 5.75 Å². The van der Waals surface area contributed by atoms with Crippen molar-refractivity contribution in [2.24, 2.45) is 0 Å². The van der Waals surface area contributed by atoms with E-state index < -0.39 is 10.0 Å². The monoisotopic (exact) mass is 289 g/mol. The Morgan fingerprint density at radius 3 is 2.45 bits per heavy atom. The molecule has 20 heavy (non-hydrogen) atoms. The van der Waals surface area contributed by atoms with Gasteiger partial charge in [0.25, 0.3) is 10.0 Å². The molecular weight excluding hydrogens is 274 g/mol. The van der Waals surface area contributed by atoms with E-state index in [0.29, 0.717) is 22.9 Å². The summed E-state index contributed by atoms with van der Waals surface area (Å²) in [6.45, 7) is 2.19. The van der Waals surface area contributed by atoms with E-state index in [1.165, 1.54) is 4.31 Å². The SMILES string of the molecule is C[C@@H]1COc2ccccc2N1S(=O)(=O)c1ccccc1. The van der Waals surface area contributed by atoms with E-state index in [0.717, 1.165) is 0 Å². The second-order valence-corrected chi connectivity index (χ2v) is 6.56. The number of anilines is 1. The van der Waals surface area contributed by atoms with Crippen LogP contribution in [0.5, 0.6) is 5.75 Å². The van der Waals surface area contributed by atoms with Crippen molar-refractivity contribution in [1.29, 1.82) is 0 Å². The van der Waals surface area contributed by atoms with E-state index in [4.69, 9.17) is 4.74 Å². The van der Waals surface area contributed by atoms with E-state index in [2.05, 4.69) is 0 Å². The number of nitrogens with zero attached hydrogens (tertiary/aromatic N) is 1. The van der Waals surface area contributed by atoms with Crippen LogP contribution in [0.2, 0.25) is 0 Å². The minimum Gasteiger partial charge on any atom is -0.489 e. The van der Waals surface area contributed by atoms with Crippen molar-refractivity contribution in [3.05, 3.63) is 54.6 Å². The highest BCUT2D eigenvalue weighted by atomic mass is 32.2. The minimum absolute atomic E-state index is 0.241. The normalized spacial score (nSPS) is 18.2. The van der Waals surface area contributed by atoms with Gasteiger partial charge in [0.15, 0.2) is 0 Å². The summed E-state index contributed by atoms with van der Waals surface area (Å²) in [6, 6.07) is 15.4. The minimum atomic E-state index is -3.57. The average Bonchev–Trinajstić information content (AvgIpc) is 2.47. The summed E-state index contributed by atoms with van der Waals surface area (Å²) in [5.41, 5.74) is 0.593. The molecular formula is C15H15NO3S. The molecule has 0 saturated carbocycles. The van der Waals surface area contributed by atoms with E-state index in [1.54, 1.807) is 42.5 Å². The highest BCUT2D eigenvalue weighted by molar-refractivity contribution is 7.92. The fourth-order valence-electron chi connectivity index (χ4n) is 2.35. The fraction of sp³-hybridized carbons (Fsp3) is 0.200. The van der Waals surface area contributed by atoms with Crippen LogP contribution in [0.4, 0.5) is 5.69 Å². The number of para-hydroxylation sites is 2. The summed E-state index contributed by atoms with van der Waals surface area (Å²) in [5, 5.41) is 0. The topological polar surface area (TPSA) is 46.6 Å². The molecule has 0 spiro atoms. The van der Waals surface area contributed by atoms with Crippen molar-refractivity contribution >= 4 is 15.7 Å². The van der Waals surface area contributed by atoms with Crippen molar-refractivity contribution in [1.82, 2.24) is 0 Å². The van der Waals surface area contributed by atoms with E-state index in [9.17, 15) is 8.42 Å². The zero-order valence-electron chi connectivity index (χ0n) is 11.1. The van der Waals surface area contributed by atoms with Crippen LogP contribution in [0.15, 0.2) is 59.5 Å².